The summed E-state index contributed by atoms with van der Waals surface area (Å²) >= 11 is 6.87. The van der Waals surface area contributed by atoms with Gasteiger partial charge in [-0.3, -0.25) is 10.1 Å². The van der Waals surface area contributed by atoms with Crippen LogP contribution in [0.1, 0.15) is 27.7 Å². The Labute approximate surface area is 132 Å². The third-order valence-corrected chi connectivity index (χ3v) is 3.68. The smallest absolute Gasteiger partial charge is 0.321 e. The van der Waals surface area contributed by atoms with Gasteiger partial charge in [-0.2, -0.15) is 0 Å². The molecule has 0 aliphatic carbocycles. The van der Waals surface area contributed by atoms with Crippen molar-refractivity contribution in [2.75, 3.05) is 0 Å². The highest BCUT2D eigenvalue weighted by atomic mass is 35.5. The molecule has 0 aliphatic heterocycles. The molecular formula is C14H18ClFN2O2S. The van der Waals surface area contributed by atoms with Gasteiger partial charge in [0.05, 0.1) is 10.3 Å². The van der Waals surface area contributed by atoms with Gasteiger partial charge < -0.3 is 5.32 Å². The van der Waals surface area contributed by atoms with Crippen molar-refractivity contribution in [1.29, 1.82) is 0 Å². The van der Waals surface area contributed by atoms with Crippen molar-refractivity contribution in [3.8, 4) is 0 Å². The van der Waals surface area contributed by atoms with Crippen LogP contribution >= 0.6 is 23.4 Å². The zero-order valence-electron chi connectivity index (χ0n) is 12.3. The van der Waals surface area contributed by atoms with Crippen LogP contribution in [-0.2, 0) is 4.79 Å². The first kappa shape index (κ1) is 17.8. The van der Waals surface area contributed by atoms with E-state index in [9.17, 15) is 14.0 Å². The Bertz CT molecular complexity index is 546. The first-order chi connectivity index (χ1) is 9.58. The number of imide groups is 1. The number of amides is 3. The Hall–Kier alpha value is -1.27. The van der Waals surface area contributed by atoms with Crippen LogP contribution in [0.2, 0.25) is 5.02 Å². The third kappa shape index (κ3) is 6.35. The Morgan fingerprint density at radius 3 is 2.48 bits per heavy atom. The van der Waals surface area contributed by atoms with Gasteiger partial charge in [-0.25, -0.2) is 9.18 Å². The molecule has 0 aliphatic rings. The van der Waals surface area contributed by atoms with Crippen LogP contribution in [0, 0.1) is 5.82 Å². The molecule has 1 rings (SSSR count). The summed E-state index contributed by atoms with van der Waals surface area (Å²) < 4.78 is 13.1. The molecule has 7 heteroatoms. The van der Waals surface area contributed by atoms with Crippen LogP contribution in [0.15, 0.2) is 23.1 Å². The molecule has 2 N–H and O–H groups in total. The maximum Gasteiger partial charge on any atom is 0.321 e. The topological polar surface area (TPSA) is 58.2 Å². The molecule has 0 aromatic heterocycles. The molecule has 0 bridgehead atoms. The molecule has 0 saturated carbocycles. The van der Waals surface area contributed by atoms with Crippen LogP contribution < -0.4 is 10.6 Å². The molecule has 21 heavy (non-hydrogen) atoms. The van der Waals surface area contributed by atoms with E-state index >= 15 is 0 Å². The molecule has 0 radical (unpaired) electrons. The van der Waals surface area contributed by atoms with Crippen molar-refractivity contribution in [3.05, 3.63) is 29.0 Å². The lowest BCUT2D eigenvalue weighted by molar-refractivity contribution is -0.119. The monoisotopic (exact) mass is 332 g/mol. The van der Waals surface area contributed by atoms with E-state index < -0.39 is 28.5 Å². The molecule has 116 valence electrons. The van der Waals surface area contributed by atoms with Gasteiger partial charge in [0, 0.05) is 10.4 Å². The lowest BCUT2D eigenvalue weighted by Gasteiger charge is -2.21. The summed E-state index contributed by atoms with van der Waals surface area (Å²) in [6.45, 7) is 7.10. The number of benzene rings is 1. The van der Waals surface area contributed by atoms with E-state index in [4.69, 9.17) is 11.6 Å². The molecule has 3 amide bonds. The zero-order chi connectivity index (χ0) is 16.2. The summed E-state index contributed by atoms with van der Waals surface area (Å²) in [4.78, 5) is 24.2. The van der Waals surface area contributed by atoms with Crippen molar-refractivity contribution in [2.24, 2.45) is 0 Å². The van der Waals surface area contributed by atoms with E-state index in [1.807, 2.05) is 20.8 Å². The second-order valence-electron chi connectivity index (χ2n) is 5.53. The van der Waals surface area contributed by atoms with Gasteiger partial charge in [0.2, 0.25) is 5.91 Å². The summed E-state index contributed by atoms with van der Waals surface area (Å²) in [5, 5.41) is 4.38. The minimum Gasteiger partial charge on any atom is -0.333 e. The number of hydrogen-bond donors (Lipinski definition) is 2. The second-order valence-corrected chi connectivity index (χ2v) is 7.35. The SMILES string of the molecule is CC(Sc1ccc(F)c(Cl)c1)C(=O)NC(=O)NC(C)(C)C. The quantitative estimate of drug-likeness (QED) is 0.832. The predicted molar refractivity (Wildman–Crippen MR) is 83.2 cm³/mol. The van der Waals surface area contributed by atoms with Crippen molar-refractivity contribution in [1.82, 2.24) is 10.6 Å². The van der Waals surface area contributed by atoms with Crippen molar-refractivity contribution >= 4 is 35.3 Å². The van der Waals surface area contributed by atoms with Gasteiger partial charge in [0.1, 0.15) is 5.82 Å². The first-order valence-corrected chi connectivity index (χ1v) is 7.59. The normalized spacial score (nSPS) is 12.7. The first-order valence-electron chi connectivity index (χ1n) is 6.33. The highest BCUT2D eigenvalue weighted by molar-refractivity contribution is 8.00. The van der Waals surface area contributed by atoms with Gasteiger partial charge in [-0.15, -0.1) is 11.8 Å². The number of rotatable bonds is 3. The van der Waals surface area contributed by atoms with E-state index in [0.717, 1.165) is 0 Å². The highest BCUT2D eigenvalue weighted by Gasteiger charge is 2.20. The van der Waals surface area contributed by atoms with Gasteiger partial charge in [-0.05, 0) is 45.9 Å². The standard InChI is InChI=1S/C14H18ClFN2O2S/c1-8(12(19)17-13(20)18-14(2,3)4)21-9-5-6-11(16)10(15)7-9/h5-8H,1-4H3,(H2,17,18,19,20). The van der Waals surface area contributed by atoms with Crippen molar-refractivity contribution in [2.45, 2.75) is 43.4 Å². The lowest BCUT2D eigenvalue weighted by atomic mass is 10.1. The van der Waals surface area contributed by atoms with Gasteiger partial charge in [0.15, 0.2) is 0 Å². The molecule has 0 spiro atoms. The third-order valence-electron chi connectivity index (χ3n) is 2.30. The number of carbonyl (C=O) groups is 2. The van der Waals surface area contributed by atoms with Crippen LogP contribution in [0.3, 0.4) is 0 Å². The highest BCUT2D eigenvalue weighted by Crippen LogP contribution is 2.27. The molecule has 1 aromatic carbocycles. The molecular weight excluding hydrogens is 315 g/mol. The molecule has 1 atom stereocenters. The van der Waals surface area contributed by atoms with Crippen LogP contribution in [-0.4, -0.2) is 22.7 Å². The number of hydrogen-bond acceptors (Lipinski definition) is 3. The molecule has 4 nitrogen and oxygen atoms in total. The van der Waals surface area contributed by atoms with Crippen LogP contribution in [0.25, 0.3) is 0 Å². The minimum absolute atomic E-state index is 0.00177. The van der Waals surface area contributed by atoms with Crippen LogP contribution in [0.5, 0.6) is 0 Å². The Balaban J connectivity index is 2.58. The van der Waals surface area contributed by atoms with Crippen molar-refractivity contribution in [3.63, 3.8) is 0 Å². The average Bonchev–Trinajstić information content (AvgIpc) is 2.31. The van der Waals surface area contributed by atoms with Gasteiger partial charge >= 0.3 is 6.03 Å². The maximum atomic E-state index is 13.1. The minimum atomic E-state index is -0.544. The number of carbonyl (C=O) groups excluding carboxylic acids is 2. The molecule has 0 fully saturated rings. The van der Waals surface area contributed by atoms with Gasteiger partial charge in [0.25, 0.3) is 0 Å². The van der Waals surface area contributed by atoms with E-state index in [2.05, 4.69) is 10.6 Å². The fraction of sp³-hybridized carbons (Fsp3) is 0.429. The molecule has 1 unspecified atom stereocenters. The van der Waals surface area contributed by atoms with Crippen molar-refractivity contribution < 1.29 is 14.0 Å². The van der Waals surface area contributed by atoms with E-state index in [-0.39, 0.29) is 5.02 Å². The summed E-state index contributed by atoms with van der Waals surface area (Å²) in [5.41, 5.74) is -0.425. The lowest BCUT2D eigenvalue weighted by Crippen LogP contribution is -2.49. The Morgan fingerprint density at radius 2 is 1.95 bits per heavy atom. The number of halogens is 2. The Kier molecular flexibility index (Phi) is 6.04. The maximum absolute atomic E-state index is 13.1. The zero-order valence-corrected chi connectivity index (χ0v) is 13.9. The van der Waals surface area contributed by atoms with Gasteiger partial charge in [-0.1, -0.05) is 11.6 Å². The summed E-state index contributed by atoms with van der Waals surface area (Å²) in [6.07, 6.45) is 0. The predicted octanol–water partition coefficient (Wildman–Crippen LogP) is 3.58. The van der Waals surface area contributed by atoms with Crippen LogP contribution in [0.4, 0.5) is 9.18 Å². The molecule has 0 heterocycles. The molecule has 0 saturated heterocycles. The average molecular weight is 333 g/mol. The second kappa shape index (κ2) is 7.13. The molecule has 1 aromatic rings. The van der Waals surface area contributed by atoms with E-state index in [0.29, 0.717) is 4.90 Å². The fourth-order valence-electron chi connectivity index (χ4n) is 1.39. The number of urea groups is 1. The van der Waals surface area contributed by atoms with E-state index in [1.165, 1.54) is 30.0 Å². The number of thioether (sulfide) groups is 1. The summed E-state index contributed by atoms with van der Waals surface area (Å²) in [5.74, 6) is -0.940. The summed E-state index contributed by atoms with van der Waals surface area (Å²) in [6, 6.07) is 3.67. The number of nitrogens with one attached hydrogen (secondary N) is 2. The fourth-order valence-corrected chi connectivity index (χ4v) is 2.55. The Morgan fingerprint density at radius 1 is 1.33 bits per heavy atom. The summed E-state index contributed by atoms with van der Waals surface area (Å²) in [7, 11) is 0. The largest absolute Gasteiger partial charge is 0.333 e. The van der Waals surface area contributed by atoms with E-state index in [1.54, 1.807) is 6.92 Å².